The first-order valence-corrected chi connectivity index (χ1v) is 13.7. The Morgan fingerprint density at radius 2 is 1.84 bits per heavy atom. The average Bonchev–Trinajstić information content (AvgIpc) is 3.46. The van der Waals surface area contributed by atoms with Crippen molar-refractivity contribution in [3.63, 3.8) is 0 Å². The number of fused-ring (bicyclic) bond motifs is 4. The smallest absolute Gasteiger partial charge is 0.303 e. The van der Waals surface area contributed by atoms with E-state index in [1.807, 2.05) is 0 Å². The molecule has 0 aromatic carbocycles. The molecule has 2 saturated heterocycles. The van der Waals surface area contributed by atoms with Crippen LogP contribution < -0.4 is 0 Å². The molecule has 198 valence electrons. The standard InChI is InChI=1S/C24H23BrCl2N2O8/c25-10-29-21(35)23(26)8-14-12(18(24(23,27)22(29)36)15-6-3-11(9-30)37-15)4-5-13-17(14)20(34)28(19(13)33)7-1-2-16(31)32/h3-4,6,13-14,17-18,30H,1-2,5,7-10H2,(H,31,32). The molecule has 0 radical (unpaired) electrons. The van der Waals surface area contributed by atoms with E-state index in [0.29, 0.717) is 5.57 Å². The van der Waals surface area contributed by atoms with Crippen LogP contribution in [0, 0.1) is 17.8 Å². The van der Waals surface area contributed by atoms with Gasteiger partial charge in [0, 0.05) is 13.0 Å². The Morgan fingerprint density at radius 3 is 2.46 bits per heavy atom. The Balaban J connectivity index is 1.60. The predicted molar refractivity (Wildman–Crippen MR) is 132 cm³/mol. The maximum Gasteiger partial charge on any atom is 0.303 e. The Bertz CT molecular complexity index is 1250. The summed E-state index contributed by atoms with van der Waals surface area (Å²) in [5.74, 6) is -6.12. The van der Waals surface area contributed by atoms with Gasteiger partial charge in [0.15, 0.2) is 9.75 Å². The number of hydrogen-bond donors (Lipinski definition) is 2. The molecule has 6 atom stereocenters. The van der Waals surface area contributed by atoms with Crippen LogP contribution in [0.2, 0.25) is 0 Å². The number of aliphatic hydroxyl groups excluding tert-OH is 1. The van der Waals surface area contributed by atoms with E-state index in [9.17, 15) is 29.1 Å². The van der Waals surface area contributed by atoms with Gasteiger partial charge in [-0.05, 0) is 37.3 Å². The summed E-state index contributed by atoms with van der Waals surface area (Å²) < 4.78 is 5.80. The Hall–Kier alpha value is -2.21. The first-order chi connectivity index (χ1) is 17.5. The van der Waals surface area contributed by atoms with Crippen molar-refractivity contribution >= 4 is 68.7 Å². The highest BCUT2D eigenvalue weighted by Crippen LogP contribution is 2.65. The first kappa shape index (κ1) is 26.4. The minimum atomic E-state index is -1.97. The summed E-state index contributed by atoms with van der Waals surface area (Å²) in [7, 11) is 0. The minimum absolute atomic E-state index is 0.0270. The molecule has 4 aliphatic rings. The van der Waals surface area contributed by atoms with Gasteiger partial charge in [-0.25, -0.2) is 0 Å². The average molecular weight is 618 g/mol. The summed E-state index contributed by atoms with van der Waals surface area (Å²) in [6.07, 6.45) is 1.76. The molecule has 1 saturated carbocycles. The van der Waals surface area contributed by atoms with E-state index in [2.05, 4.69) is 15.9 Å². The lowest BCUT2D eigenvalue weighted by Crippen LogP contribution is -2.60. The van der Waals surface area contributed by atoms with E-state index in [-0.39, 0.29) is 49.2 Å². The van der Waals surface area contributed by atoms with Gasteiger partial charge in [-0.1, -0.05) is 27.6 Å². The van der Waals surface area contributed by atoms with Crippen molar-refractivity contribution in [1.29, 1.82) is 0 Å². The molecule has 3 heterocycles. The van der Waals surface area contributed by atoms with Gasteiger partial charge in [0.05, 0.1) is 23.2 Å². The molecule has 2 N–H and O–H groups in total. The van der Waals surface area contributed by atoms with Crippen molar-refractivity contribution in [2.45, 2.75) is 48.0 Å². The van der Waals surface area contributed by atoms with Crippen LogP contribution in [0.3, 0.4) is 0 Å². The van der Waals surface area contributed by atoms with Crippen molar-refractivity contribution in [2.24, 2.45) is 17.8 Å². The number of amides is 4. The largest absolute Gasteiger partial charge is 0.481 e. The van der Waals surface area contributed by atoms with Crippen LogP contribution in [0.1, 0.15) is 43.1 Å². The molecule has 37 heavy (non-hydrogen) atoms. The number of furan rings is 1. The molecule has 2 aliphatic heterocycles. The van der Waals surface area contributed by atoms with E-state index in [1.54, 1.807) is 12.1 Å². The normalized spacial score (nSPS) is 35.0. The number of carbonyl (C=O) groups is 5. The zero-order valence-corrected chi connectivity index (χ0v) is 22.5. The molecule has 1 aromatic heterocycles. The summed E-state index contributed by atoms with van der Waals surface area (Å²) in [5, 5.41) is 18.5. The molecular formula is C24H23BrCl2N2O8. The molecule has 5 rings (SSSR count). The van der Waals surface area contributed by atoms with Crippen molar-refractivity contribution in [3.05, 3.63) is 35.3 Å². The molecule has 0 bridgehead atoms. The lowest BCUT2D eigenvalue weighted by atomic mass is 9.57. The van der Waals surface area contributed by atoms with Gasteiger partial charge in [0.25, 0.3) is 11.8 Å². The summed E-state index contributed by atoms with van der Waals surface area (Å²) in [5.41, 5.74) is 0.447. The third-order valence-electron chi connectivity index (χ3n) is 8.00. The molecule has 13 heteroatoms. The van der Waals surface area contributed by atoms with Crippen molar-refractivity contribution < 1.29 is 38.6 Å². The van der Waals surface area contributed by atoms with Crippen LogP contribution in [0.4, 0.5) is 0 Å². The van der Waals surface area contributed by atoms with Crippen LogP contribution in [-0.2, 0) is 30.6 Å². The maximum absolute atomic E-state index is 13.6. The van der Waals surface area contributed by atoms with Gasteiger partial charge in [0.2, 0.25) is 11.8 Å². The summed E-state index contributed by atoms with van der Waals surface area (Å²) in [4.78, 5) is 62.8. The molecule has 2 aliphatic carbocycles. The number of carboxylic acids is 1. The molecule has 10 nitrogen and oxygen atoms in total. The second-order valence-corrected chi connectivity index (χ2v) is 11.5. The van der Waals surface area contributed by atoms with E-state index in [1.165, 1.54) is 6.07 Å². The molecular weight excluding hydrogens is 595 g/mol. The third-order valence-corrected chi connectivity index (χ3v) is 9.92. The Labute approximate surface area is 229 Å². The van der Waals surface area contributed by atoms with E-state index >= 15 is 0 Å². The fourth-order valence-corrected chi connectivity index (χ4v) is 7.78. The second-order valence-electron chi connectivity index (χ2n) is 9.77. The molecule has 0 spiro atoms. The molecule has 6 unspecified atom stereocenters. The first-order valence-electron chi connectivity index (χ1n) is 11.8. The summed E-state index contributed by atoms with van der Waals surface area (Å²) in [6.45, 7) is -0.430. The fourth-order valence-electron chi connectivity index (χ4n) is 6.37. The Kier molecular flexibility index (Phi) is 6.57. The number of hydrogen-bond acceptors (Lipinski definition) is 7. The Morgan fingerprint density at radius 1 is 1.11 bits per heavy atom. The maximum atomic E-state index is 13.6. The number of aliphatic hydroxyl groups is 1. The number of nitrogens with zero attached hydrogens (tertiary/aromatic N) is 2. The molecule has 3 fully saturated rings. The van der Waals surface area contributed by atoms with Gasteiger partial charge in [-0.15, -0.1) is 23.2 Å². The number of carboxylic acid groups (broad SMARTS) is 1. The number of alkyl halides is 3. The van der Waals surface area contributed by atoms with Gasteiger partial charge in [-0.2, -0.15) is 0 Å². The number of carbonyl (C=O) groups excluding carboxylic acids is 4. The number of likely N-dealkylation sites (tertiary alicyclic amines) is 2. The highest BCUT2D eigenvalue weighted by atomic mass is 79.9. The lowest BCUT2D eigenvalue weighted by molar-refractivity contribution is -0.142. The summed E-state index contributed by atoms with van der Waals surface area (Å²) >= 11 is 17.3. The number of halogens is 3. The van der Waals surface area contributed by atoms with Gasteiger partial charge >= 0.3 is 5.97 Å². The van der Waals surface area contributed by atoms with Crippen molar-refractivity contribution in [2.75, 3.05) is 12.0 Å². The van der Waals surface area contributed by atoms with Crippen LogP contribution in [-0.4, -0.2) is 71.4 Å². The topological polar surface area (TPSA) is 145 Å². The summed E-state index contributed by atoms with van der Waals surface area (Å²) in [6, 6.07) is 3.08. The molecule has 1 aromatic rings. The van der Waals surface area contributed by atoms with Gasteiger partial charge < -0.3 is 14.6 Å². The second kappa shape index (κ2) is 9.21. The number of aliphatic carboxylic acids is 1. The lowest BCUT2D eigenvalue weighted by Gasteiger charge is -2.49. The van der Waals surface area contributed by atoms with E-state index in [0.717, 1.165) is 9.80 Å². The zero-order valence-electron chi connectivity index (χ0n) is 19.4. The van der Waals surface area contributed by atoms with Crippen molar-refractivity contribution in [1.82, 2.24) is 9.80 Å². The zero-order chi connectivity index (χ0) is 26.9. The molecule has 4 amide bonds. The van der Waals surface area contributed by atoms with Crippen LogP contribution in [0.15, 0.2) is 28.2 Å². The van der Waals surface area contributed by atoms with Crippen LogP contribution >= 0.6 is 39.1 Å². The highest BCUT2D eigenvalue weighted by molar-refractivity contribution is 9.09. The number of rotatable bonds is 7. The van der Waals surface area contributed by atoms with Crippen LogP contribution in [0.25, 0.3) is 0 Å². The van der Waals surface area contributed by atoms with Gasteiger partial charge in [-0.3, -0.25) is 33.8 Å². The van der Waals surface area contributed by atoms with Crippen molar-refractivity contribution in [3.8, 4) is 0 Å². The quantitative estimate of drug-likeness (QED) is 0.205. The predicted octanol–water partition coefficient (Wildman–Crippen LogP) is 2.35. The minimum Gasteiger partial charge on any atom is -0.481 e. The monoisotopic (exact) mass is 616 g/mol. The van der Waals surface area contributed by atoms with E-state index in [4.69, 9.17) is 32.7 Å². The third kappa shape index (κ3) is 3.57. The SMILES string of the molecule is O=C(O)CCCN1C(=O)C2CC=C3C(CC4(Cl)C(=O)N(CBr)C(=O)C4(Cl)C3c3ccc(CO)o3)C2C1=O. The van der Waals surface area contributed by atoms with E-state index < -0.39 is 69.6 Å². The number of allylic oxidation sites excluding steroid dienone is 2. The van der Waals surface area contributed by atoms with Crippen LogP contribution in [0.5, 0.6) is 0 Å². The van der Waals surface area contributed by atoms with Gasteiger partial charge in [0.1, 0.15) is 18.1 Å². The highest BCUT2D eigenvalue weighted by Gasteiger charge is 2.76. The number of imide groups is 2. The fraction of sp³-hybridized carbons (Fsp3) is 0.542.